The van der Waals surface area contributed by atoms with Gasteiger partial charge in [0.25, 0.3) is 0 Å². The van der Waals surface area contributed by atoms with Crippen LogP contribution in [0.15, 0.2) is 48.5 Å². The number of primary amides is 1. The number of hydrogen-bond donors (Lipinski definition) is 3. The molecule has 144 valence electrons. The van der Waals surface area contributed by atoms with Crippen LogP contribution in [-0.4, -0.2) is 26.6 Å². The molecule has 2 aromatic carbocycles. The Bertz CT molecular complexity index is 1070. The van der Waals surface area contributed by atoms with Crippen LogP contribution < -0.4 is 11.1 Å². The Balaban J connectivity index is 1.62. The molecule has 0 aliphatic carbocycles. The van der Waals surface area contributed by atoms with E-state index in [1.165, 1.54) is 0 Å². The molecule has 1 heterocycles. The number of aryl methyl sites for hydroxylation is 1. The minimum absolute atomic E-state index is 0.122. The third-order valence-electron chi connectivity index (χ3n) is 4.30. The lowest BCUT2D eigenvalue weighted by Crippen LogP contribution is -2.24. The highest BCUT2D eigenvalue weighted by Crippen LogP contribution is 2.18. The molecule has 0 atom stereocenters. The fourth-order valence-corrected chi connectivity index (χ4v) is 3.09. The van der Waals surface area contributed by atoms with E-state index in [0.29, 0.717) is 29.2 Å². The van der Waals surface area contributed by atoms with Gasteiger partial charge in [-0.05, 0) is 42.9 Å². The van der Waals surface area contributed by atoms with Crippen molar-refractivity contribution in [1.29, 1.82) is 0 Å². The van der Waals surface area contributed by atoms with Crippen molar-refractivity contribution in [2.45, 2.75) is 26.4 Å². The number of aromatic amines is 1. The Kier molecular flexibility index (Phi) is 6.00. The molecule has 2 amide bonds. The van der Waals surface area contributed by atoms with Gasteiger partial charge < -0.3 is 11.1 Å². The van der Waals surface area contributed by atoms with Gasteiger partial charge in [-0.25, -0.2) is 0 Å². The van der Waals surface area contributed by atoms with Gasteiger partial charge >= 0.3 is 0 Å². The molecule has 0 aliphatic heterocycles. The topological polar surface area (TPSA) is 106 Å². The van der Waals surface area contributed by atoms with E-state index in [9.17, 15) is 9.59 Å². The first kappa shape index (κ1) is 19.5. The second kappa shape index (κ2) is 8.62. The Morgan fingerprint density at radius 3 is 2.75 bits per heavy atom. The lowest BCUT2D eigenvalue weighted by molar-refractivity contribution is -0.121. The summed E-state index contributed by atoms with van der Waals surface area (Å²) in [7, 11) is 0. The number of carbonyl (C=O) groups excluding carboxylic acids is 2. The summed E-state index contributed by atoms with van der Waals surface area (Å²) in [6, 6.07) is 14.8. The van der Waals surface area contributed by atoms with Crippen molar-refractivity contribution < 1.29 is 9.59 Å². The number of hydrogen-bond acceptors (Lipinski definition) is 4. The van der Waals surface area contributed by atoms with Crippen LogP contribution in [0.25, 0.3) is 11.4 Å². The van der Waals surface area contributed by atoms with Gasteiger partial charge in [0, 0.05) is 30.6 Å². The molecule has 0 unspecified atom stereocenters. The van der Waals surface area contributed by atoms with Gasteiger partial charge in [-0.2, -0.15) is 5.10 Å². The zero-order chi connectivity index (χ0) is 20.1. The fourth-order valence-electron chi connectivity index (χ4n) is 2.87. The van der Waals surface area contributed by atoms with Gasteiger partial charge in [0.15, 0.2) is 10.6 Å². The monoisotopic (exact) mass is 395 g/mol. The van der Waals surface area contributed by atoms with Crippen LogP contribution in [0, 0.1) is 11.7 Å². The Hall–Kier alpha value is -3.26. The average Bonchev–Trinajstić information content (AvgIpc) is 3.05. The fraction of sp³-hybridized carbons (Fsp3) is 0.200. The molecule has 4 N–H and O–H groups in total. The first-order chi connectivity index (χ1) is 13.4. The van der Waals surface area contributed by atoms with E-state index in [2.05, 4.69) is 15.5 Å². The molecule has 1 aromatic heterocycles. The number of benzene rings is 2. The van der Waals surface area contributed by atoms with Crippen molar-refractivity contribution in [3.05, 3.63) is 70.0 Å². The maximum Gasteiger partial charge on any atom is 0.248 e. The number of nitrogens with one attached hydrogen (secondary N) is 2. The highest BCUT2D eigenvalue weighted by Gasteiger charge is 2.11. The van der Waals surface area contributed by atoms with E-state index >= 15 is 0 Å². The molecule has 0 aliphatic rings. The van der Waals surface area contributed by atoms with Crippen LogP contribution in [0.3, 0.4) is 0 Å². The number of amides is 2. The van der Waals surface area contributed by atoms with Crippen LogP contribution in [0.1, 0.15) is 27.9 Å². The van der Waals surface area contributed by atoms with E-state index in [0.717, 1.165) is 16.7 Å². The predicted molar refractivity (Wildman–Crippen MR) is 109 cm³/mol. The SMILES string of the molecule is Cc1cccc(-c2n[nH]c(=S)n2CCC(=O)NCc2cccc(C(N)=O)c2)c1. The largest absolute Gasteiger partial charge is 0.366 e. The minimum atomic E-state index is -0.494. The molecular weight excluding hydrogens is 374 g/mol. The molecule has 0 bridgehead atoms. The molecule has 28 heavy (non-hydrogen) atoms. The van der Waals surface area contributed by atoms with Crippen molar-refractivity contribution >= 4 is 24.0 Å². The quantitative estimate of drug-likeness (QED) is 0.535. The average molecular weight is 395 g/mol. The van der Waals surface area contributed by atoms with E-state index in [1.54, 1.807) is 18.2 Å². The summed E-state index contributed by atoms with van der Waals surface area (Å²) in [5.74, 6) is 0.0876. The summed E-state index contributed by atoms with van der Waals surface area (Å²) in [5, 5.41) is 9.94. The molecule has 3 rings (SSSR count). The van der Waals surface area contributed by atoms with Crippen LogP contribution in [-0.2, 0) is 17.9 Å². The van der Waals surface area contributed by atoms with E-state index in [1.807, 2.05) is 41.8 Å². The van der Waals surface area contributed by atoms with Gasteiger partial charge in [-0.3, -0.25) is 19.3 Å². The van der Waals surface area contributed by atoms with Crippen molar-refractivity contribution in [3.63, 3.8) is 0 Å². The van der Waals surface area contributed by atoms with Gasteiger partial charge in [0.2, 0.25) is 11.8 Å². The first-order valence-electron chi connectivity index (χ1n) is 8.82. The normalized spacial score (nSPS) is 10.6. The predicted octanol–water partition coefficient (Wildman–Crippen LogP) is 2.72. The standard InChI is InChI=1S/C20H21N5O2S/c1-13-4-2-7-16(10-13)19-23-24-20(28)25(19)9-8-17(26)22-12-14-5-3-6-15(11-14)18(21)27/h2-7,10-11H,8-9,12H2,1H3,(H2,21,27)(H,22,26)(H,24,28). The van der Waals surface area contributed by atoms with Gasteiger partial charge in [0.05, 0.1) is 0 Å². The molecule has 3 aromatic rings. The summed E-state index contributed by atoms with van der Waals surface area (Å²) in [6.07, 6.45) is 0.252. The lowest BCUT2D eigenvalue weighted by Gasteiger charge is -2.09. The van der Waals surface area contributed by atoms with E-state index < -0.39 is 5.91 Å². The molecule has 0 fully saturated rings. The van der Waals surface area contributed by atoms with E-state index in [-0.39, 0.29) is 12.3 Å². The van der Waals surface area contributed by atoms with Crippen LogP contribution >= 0.6 is 12.2 Å². The zero-order valence-electron chi connectivity index (χ0n) is 15.4. The number of rotatable bonds is 7. The second-order valence-corrected chi connectivity index (χ2v) is 6.85. The maximum atomic E-state index is 12.3. The summed E-state index contributed by atoms with van der Waals surface area (Å²) >= 11 is 5.31. The maximum absolute atomic E-state index is 12.3. The van der Waals surface area contributed by atoms with Crippen molar-refractivity contribution in [3.8, 4) is 11.4 Å². The van der Waals surface area contributed by atoms with Gasteiger partial charge in [-0.1, -0.05) is 35.9 Å². The number of aromatic nitrogens is 3. The molecule has 7 nitrogen and oxygen atoms in total. The number of nitrogens with two attached hydrogens (primary N) is 1. The smallest absolute Gasteiger partial charge is 0.248 e. The summed E-state index contributed by atoms with van der Waals surface area (Å²) in [6.45, 7) is 2.74. The molecule has 0 saturated carbocycles. The van der Waals surface area contributed by atoms with Crippen molar-refractivity contribution in [1.82, 2.24) is 20.1 Å². The molecule has 0 radical (unpaired) electrons. The molecular formula is C20H21N5O2S. The third-order valence-corrected chi connectivity index (χ3v) is 4.61. The molecule has 0 spiro atoms. The van der Waals surface area contributed by atoms with Crippen LogP contribution in [0.2, 0.25) is 0 Å². The Morgan fingerprint density at radius 2 is 2.00 bits per heavy atom. The summed E-state index contributed by atoms with van der Waals surface area (Å²) in [5.41, 5.74) is 8.56. The second-order valence-electron chi connectivity index (χ2n) is 6.46. The van der Waals surface area contributed by atoms with Crippen LogP contribution in [0.4, 0.5) is 0 Å². The third kappa shape index (κ3) is 4.72. The van der Waals surface area contributed by atoms with Crippen LogP contribution in [0.5, 0.6) is 0 Å². The highest BCUT2D eigenvalue weighted by molar-refractivity contribution is 7.71. The highest BCUT2D eigenvalue weighted by atomic mass is 32.1. The molecule has 8 heteroatoms. The summed E-state index contributed by atoms with van der Waals surface area (Å²) < 4.78 is 2.29. The Labute approximate surface area is 167 Å². The Morgan fingerprint density at radius 1 is 1.21 bits per heavy atom. The number of nitrogens with zero attached hydrogens (tertiary/aromatic N) is 2. The minimum Gasteiger partial charge on any atom is -0.366 e. The van der Waals surface area contributed by atoms with Crippen molar-refractivity contribution in [2.75, 3.05) is 0 Å². The zero-order valence-corrected chi connectivity index (χ0v) is 16.3. The van der Waals surface area contributed by atoms with Gasteiger partial charge in [0.1, 0.15) is 0 Å². The summed E-state index contributed by atoms with van der Waals surface area (Å²) in [4.78, 5) is 23.5. The van der Waals surface area contributed by atoms with Crippen molar-refractivity contribution in [2.24, 2.45) is 5.73 Å². The van der Waals surface area contributed by atoms with Gasteiger partial charge in [-0.15, -0.1) is 0 Å². The number of H-pyrrole nitrogens is 1. The number of carbonyl (C=O) groups is 2. The molecule has 0 saturated heterocycles. The first-order valence-corrected chi connectivity index (χ1v) is 9.22. The van der Waals surface area contributed by atoms with E-state index in [4.69, 9.17) is 18.0 Å². The lowest BCUT2D eigenvalue weighted by atomic mass is 10.1.